The predicted octanol–water partition coefficient (Wildman–Crippen LogP) is 3.14. The molecule has 4 nitrogen and oxygen atoms in total. The molecule has 5 aliphatic rings. The van der Waals surface area contributed by atoms with E-state index in [9.17, 15) is 0 Å². The Kier molecular flexibility index (Phi) is 2.40. The van der Waals surface area contributed by atoms with Crippen molar-refractivity contribution >= 4 is 0 Å². The quantitative estimate of drug-likeness (QED) is 0.631. The van der Waals surface area contributed by atoms with Crippen molar-refractivity contribution in [1.82, 2.24) is 0 Å². The van der Waals surface area contributed by atoms with E-state index in [1.807, 2.05) is 13.2 Å². The van der Waals surface area contributed by atoms with E-state index < -0.39 is 11.4 Å². The number of hydrogen-bond donors (Lipinski definition) is 0. The number of fused-ring (bicyclic) bond motifs is 2. The first-order chi connectivity index (χ1) is 9.05. The van der Waals surface area contributed by atoms with Crippen molar-refractivity contribution in [3.05, 3.63) is 11.8 Å². The van der Waals surface area contributed by atoms with E-state index >= 15 is 0 Å². The van der Waals surface area contributed by atoms with Crippen LogP contribution < -0.4 is 0 Å². The van der Waals surface area contributed by atoms with Crippen LogP contribution in [0.5, 0.6) is 0 Å². The molecule has 0 aromatic carbocycles. The molecule has 106 valence electrons. The molecule has 1 aliphatic carbocycles. The van der Waals surface area contributed by atoms with Crippen LogP contribution in [0.2, 0.25) is 0 Å². The molecule has 0 N–H and O–H groups in total. The van der Waals surface area contributed by atoms with E-state index in [1.165, 1.54) is 12.0 Å². The molecule has 0 radical (unpaired) electrons. The first kappa shape index (κ1) is 12.2. The molecule has 19 heavy (non-hydrogen) atoms. The topological polar surface area (TPSA) is 36.9 Å². The molecule has 4 heterocycles. The van der Waals surface area contributed by atoms with Gasteiger partial charge in [0.05, 0.1) is 6.26 Å². The van der Waals surface area contributed by atoms with Crippen molar-refractivity contribution in [3.8, 4) is 0 Å². The zero-order valence-electron chi connectivity index (χ0n) is 11.8. The van der Waals surface area contributed by atoms with E-state index in [1.54, 1.807) is 0 Å². The molecule has 4 heteroatoms. The van der Waals surface area contributed by atoms with E-state index in [2.05, 4.69) is 13.8 Å². The van der Waals surface area contributed by atoms with Crippen LogP contribution in [0.1, 0.15) is 46.5 Å². The Morgan fingerprint density at radius 3 is 2.89 bits per heavy atom. The van der Waals surface area contributed by atoms with Crippen LogP contribution in [0.3, 0.4) is 0 Å². The second kappa shape index (κ2) is 3.74. The van der Waals surface area contributed by atoms with Crippen LogP contribution >= 0.6 is 0 Å². The van der Waals surface area contributed by atoms with Crippen LogP contribution in [0.25, 0.3) is 0 Å². The van der Waals surface area contributed by atoms with Gasteiger partial charge in [-0.05, 0) is 44.6 Å². The zero-order valence-corrected chi connectivity index (χ0v) is 11.8. The lowest BCUT2D eigenvalue weighted by molar-refractivity contribution is -0.555. The standard InChI is InChI=1S/C15H22O4/c1-9-4-5-11-10(2)8-16-13-15(11)12(9)6-7-14(3,17-13)18-19-15/h8-9,11-13H,4-7H2,1-3H3/t9-,11?,12+,13-,14?,15+/m1/s1. The molecule has 4 fully saturated rings. The molecule has 2 unspecified atom stereocenters. The molecular weight excluding hydrogens is 244 g/mol. The van der Waals surface area contributed by atoms with Gasteiger partial charge in [0.1, 0.15) is 0 Å². The van der Waals surface area contributed by atoms with Crippen LogP contribution in [-0.2, 0) is 19.2 Å². The molecular formula is C15H22O4. The fourth-order valence-corrected chi connectivity index (χ4v) is 4.55. The molecule has 4 aliphatic heterocycles. The molecule has 1 spiro atoms. The SMILES string of the molecule is CC1=CO[C@@H]2OC3(C)CC[C@H]4[C@H](C)CCC1[C@@]24OO3. The van der Waals surface area contributed by atoms with Gasteiger partial charge in [0.2, 0.25) is 12.1 Å². The van der Waals surface area contributed by atoms with Crippen molar-refractivity contribution in [2.75, 3.05) is 0 Å². The minimum absolute atomic E-state index is 0.324. The van der Waals surface area contributed by atoms with Gasteiger partial charge in [0.25, 0.3) is 0 Å². The highest BCUT2D eigenvalue weighted by molar-refractivity contribution is 5.19. The maximum absolute atomic E-state index is 6.11. The summed E-state index contributed by atoms with van der Waals surface area (Å²) in [5, 5.41) is 0. The molecule has 6 atom stereocenters. The number of rotatable bonds is 0. The summed E-state index contributed by atoms with van der Waals surface area (Å²) < 4.78 is 12.0. The predicted molar refractivity (Wildman–Crippen MR) is 67.6 cm³/mol. The summed E-state index contributed by atoms with van der Waals surface area (Å²) in [5.74, 6) is 0.775. The van der Waals surface area contributed by atoms with Gasteiger partial charge in [0.15, 0.2) is 5.60 Å². The molecule has 5 rings (SSSR count). The highest BCUT2D eigenvalue weighted by atomic mass is 17.3. The molecule has 1 saturated carbocycles. The van der Waals surface area contributed by atoms with Crippen LogP contribution in [0, 0.1) is 17.8 Å². The van der Waals surface area contributed by atoms with Gasteiger partial charge in [-0.3, -0.25) is 0 Å². The maximum Gasteiger partial charge on any atom is 0.235 e. The highest BCUT2D eigenvalue weighted by Crippen LogP contribution is 2.59. The molecule has 0 aromatic rings. The summed E-state index contributed by atoms with van der Waals surface area (Å²) >= 11 is 0. The first-order valence-corrected chi connectivity index (χ1v) is 7.42. The third kappa shape index (κ3) is 1.45. The second-order valence-electron chi connectivity index (χ2n) is 6.85. The summed E-state index contributed by atoms with van der Waals surface area (Å²) in [6.07, 6.45) is 5.87. The fourth-order valence-electron chi connectivity index (χ4n) is 4.55. The molecule has 2 bridgehead atoms. The Morgan fingerprint density at radius 1 is 1.21 bits per heavy atom. The van der Waals surface area contributed by atoms with Gasteiger partial charge in [-0.15, -0.1) is 0 Å². The summed E-state index contributed by atoms with van der Waals surface area (Å²) in [7, 11) is 0. The average molecular weight is 266 g/mol. The van der Waals surface area contributed by atoms with Gasteiger partial charge in [-0.2, -0.15) is 0 Å². The minimum atomic E-state index is -0.656. The Labute approximate surface area is 114 Å². The Morgan fingerprint density at radius 2 is 2.05 bits per heavy atom. The van der Waals surface area contributed by atoms with Crippen LogP contribution in [-0.4, -0.2) is 17.7 Å². The van der Waals surface area contributed by atoms with E-state index in [-0.39, 0.29) is 6.29 Å². The number of ether oxygens (including phenoxy) is 2. The molecule has 0 aromatic heterocycles. The van der Waals surface area contributed by atoms with Gasteiger partial charge in [-0.1, -0.05) is 6.92 Å². The largest absolute Gasteiger partial charge is 0.469 e. The van der Waals surface area contributed by atoms with E-state index in [0.717, 1.165) is 19.3 Å². The monoisotopic (exact) mass is 266 g/mol. The van der Waals surface area contributed by atoms with Gasteiger partial charge < -0.3 is 9.47 Å². The Balaban J connectivity index is 1.85. The van der Waals surface area contributed by atoms with Crippen molar-refractivity contribution in [2.24, 2.45) is 17.8 Å². The highest BCUT2D eigenvalue weighted by Gasteiger charge is 2.67. The van der Waals surface area contributed by atoms with Gasteiger partial charge >= 0.3 is 0 Å². The first-order valence-electron chi connectivity index (χ1n) is 7.42. The smallest absolute Gasteiger partial charge is 0.235 e. The average Bonchev–Trinajstić information content (AvgIpc) is 2.61. The second-order valence-corrected chi connectivity index (χ2v) is 6.85. The van der Waals surface area contributed by atoms with Gasteiger partial charge in [-0.25, -0.2) is 9.78 Å². The Bertz CT molecular complexity index is 434. The molecule has 0 amide bonds. The fraction of sp³-hybridized carbons (Fsp3) is 0.867. The summed E-state index contributed by atoms with van der Waals surface area (Å²) in [5.41, 5.74) is 0.817. The summed E-state index contributed by atoms with van der Waals surface area (Å²) in [6, 6.07) is 0. The summed E-state index contributed by atoms with van der Waals surface area (Å²) in [6.45, 7) is 6.40. The Hall–Kier alpha value is -0.580. The van der Waals surface area contributed by atoms with Crippen molar-refractivity contribution in [1.29, 1.82) is 0 Å². The van der Waals surface area contributed by atoms with Gasteiger partial charge in [0, 0.05) is 18.3 Å². The van der Waals surface area contributed by atoms with E-state index in [0.29, 0.717) is 17.8 Å². The summed E-state index contributed by atoms with van der Waals surface area (Å²) in [4.78, 5) is 11.7. The van der Waals surface area contributed by atoms with Crippen LogP contribution in [0.4, 0.5) is 0 Å². The lowest BCUT2D eigenvalue weighted by atomic mass is 9.60. The number of hydrogen-bond acceptors (Lipinski definition) is 4. The lowest BCUT2D eigenvalue weighted by Crippen LogP contribution is -2.66. The van der Waals surface area contributed by atoms with Crippen molar-refractivity contribution < 1.29 is 19.2 Å². The maximum atomic E-state index is 6.11. The van der Waals surface area contributed by atoms with E-state index in [4.69, 9.17) is 19.2 Å². The van der Waals surface area contributed by atoms with Crippen LogP contribution in [0.15, 0.2) is 11.8 Å². The zero-order chi connectivity index (χ0) is 13.3. The lowest BCUT2D eigenvalue weighted by Gasteiger charge is -2.56. The van der Waals surface area contributed by atoms with Crippen molar-refractivity contribution in [2.45, 2.75) is 64.1 Å². The molecule has 3 saturated heterocycles. The minimum Gasteiger partial charge on any atom is -0.469 e. The third-order valence-corrected chi connectivity index (χ3v) is 5.65. The third-order valence-electron chi connectivity index (χ3n) is 5.65. The van der Waals surface area contributed by atoms with Crippen molar-refractivity contribution in [3.63, 3.8) is 0 Å². The normalized spacial score (nSPS) is 55.8.